The van der Waals surface area contributed by atoms with Crippen LogP contribution in [-0.2, 0) is 0 Å². The molecule has 4 aromatic rings. The van der Waals surface area contributed by atoms with Crippen molar-refractivity contribution in [2.24, 2.45) is 0 Å². The molecule has 21 heavy (non-hydrogen) atoms. The van der Waals surface area contributed by atoms with Crippen molar-refractivity contribution in [1.29, 1.82) is 0 Å². The summed E-state index contributed by atoms with van der Waals surface area (Å²) in [5.74, 6) is -0.254. The number of halogens is 1. The summed E-state index contributed by atoms with van der Waals surface area (Å²) >= 11 is 0. The Labute approximate surface area is 120 Å². The third-order valence-corrected chi connectivity index (χ3v) is 3.46. The number of benzene rings is 2. The molecule has 2 aromatic carbocycles. The van der Waals surface area contributed by atoms with Gasteiger partial charge in [0.15, 0.2) is 0 Å². The highest BCUT2D eigenvalue weighted by atomic mass is 19.1. The Bertz CT molecular complexity index is 963. The first-order valence-electron chi connectivity index (χ1n) is 6.64. The molecule has 4 rings (SSSR count). The van der Waals surface area contributed by atoms with E-state index in [1.165, 1.54) is 12.1 Å². The summed E-state index contributed by atoms with van der Waals surface area (Å²) in [5, 5.41) is 1.83. The van der Waals surface area contributed by atoms with Gasteiger partial charge >= 0.3 is 0 Å². The maximum atomic E-state index is 13.2. The van der Waals surface area contributed by atoms with Crippen LogP contribution in [0.3, 0.4) is 0 Å². The molecule has 3 heteroatoms. The highest BCUT2D eigenvalue weighted by molar-refractivity contribution is 5.85. The summed E-state index contributed by atoms with van der Waals surface area (Å²) < 4.78 is 13.2. The van der Waals surface area contributed by atoms with Gasteiger partial charge in [0.1, 0.15) is 5.82 Å². The van der Waals surface area contributed by atoms with Crippen molar-refractivity contribution in [3.8, 4) is 11.3 Å². The lowest BCUT2D eigenvalue weighted by Crippen LogP contribution is -1.88. The molecule has 0 saturated carbocycles. The lowest BCUT2D eigenvalue weighted by molar-refractivity contribution is 0.629. The lowest BCUT2D eigenvalue weighted by atomic mass is 10.1. The molecule has 0 aliphatic heterocycles. The summed E-state index contributed by atoms with van der Waals surface area (Å²) in [7, 11) is 0. The van der Waals surface area contributed by atoms with Crippen LogP contribution >= 0.6 is 0 Å². The minimum atomic E-state index is -0.254. The zero-order valence-corrected chi connectivity index (χ0v) is 11.0. The fourth-order valence-electron chi connectivity index (χ4n) is 2.40. The van der Waals surface area contributed by atoms with Crippen LogP contribution < -0.4 is 0 Å². The molecular weight excluding hydrogens is 263 g/mol. The van der Waals surface area contributed by atoms with Crippen molar-refractivity contribution in [3.63, 3.8) is 0 Å². The molecule has 0 amide bonds. The number of nitrogens with zero attached hydrogens (tertiary/aromatic N) is 2. The van der Waals surface area contributed by atoms with E-state index in [9.17, 15) is 4.39 Å². The Kier molecular flexibility index (Phi) is 2.64. The monoisotopic (exact) mass is 273 g/mol. The van der Waals surface area contributed by atoms with Gasteiger partial charge < -0.3 is 0 Å². The van der Waals surface area contributed by atoms with Crippen molar-refractivity contribution in [2.45, 2.75) is 0 Å². The summed E-state index contributed by atoms with van der Waals surface area (Å²) in [5.41, 5.74) is 3.28. The van der Waals surface area contributed by atoms with E-state index >= 15 is 0 Å². The Morgan fingerprint density at radius 1 is 0.810 bits per heavy atom. The Hall–Kier alpha value is -2.81. The quantitative estimate of drug-likeness (QED) is 0.514. The molecule has 0 N–H and O–H groups in total. The summed E-state index contributed by atoms with van der Waals surface area (Å²) in [6.45, 7) is 0. The zero-order valence-electron chi connectivity index (χ0n) is 11.0. The maximum absolute atomic E-state index is 13.2. The van der Waals surface area contributed by atoms with Gasteiger partial charge in [-0.25, -0.2) is 14.4 Å². The van der Waals surface area contributed by atoms with E-state index in [0.29, 0.717) is 0 Å². The minimum Gasteiger partial charge on any atom is -0.248 e. The highest BCUT2D eigenvalue weighted by Crippen LogP contribution is 2.23. The van der Waals surface area contributed by atoms with Gasteiger partial charge in [-0.15, -0.1) is 0 Å². The van der Waals surface area contributed by atoms with Gasteiger partial charge in [0.05, 0.1) is 22.9 Å². The van der Waals surface area contributed by atoms with Gasteiger partial charge in [-0.05, 0) is 36.4 Å². The molecule has 2 nitrogen and oxygen atoms in total. The summed E-state index contributed by atoms with van der Waals surface area (Å²) in [4.78, 5) is 8.88. The molecule has 2 heterocycles. The first-order chi connectivity index (χ1) is 10.3. The molecule has 2 aromatic heterocycles. The molecule has 0 bridgehead atoms. The predicted molar refractivity (Wildman–Crippen MR) is 81.3 cm³/mol. The van der Waals surface area contributed by atoms with Gasteiger partial charge in [0.2, 0.25) is 0 Å². The van der Waals surface area contributed by atoms with Gasteiger partial charge in [-0.3, -0.25) is 0 Å². The van der Waals surface area contributed by atoms with Crippen molar-refractivity contribution in [1.82, 2.24) is 9.97 Å². The van der Waals surface area contributed by atoms with Crippen LogP contribution in [0, 0.1) is 12.0 Å². The molecule has 99 valence electrons. The second-order valence-electron chi connectivity index (χ2n) is 4.87. The maximum Gasteiger partial charge on any atom is 0.123 e. The molecule has 1 radical (unpaired) electrons. The topological polar surface area (TPSA) is 25.8 Å². The number of hydrogen-bond donors (Lipinski definition) is 0. The van der Waals surface area contributed by atoms with Gasteiger partial charge in [-0.1, -0.05) is 24.3 Å². The van der Waals surface area contributed by atoms with Gasteiger partial charge in [-0.2, -0.15) is 0 Å². The molecule has 0 spiro atoms. The van der Waals surface area contributed by atoms with E-state index in [4.69, 9.17) is 0 Å². The van der Waals surface area contributed by atoms with Crippen LogP contribution in [0.25, 0.3) is 33.1 Å². The SMILES string of the molecule is Fc1ccc2nc(-c3[c]nc4ccccc4c3)ccc2c1. The molecule has 0 atom stereocenters. The number of aromatic nitrogens is 2. The minimum absolute atomic E-state index is 0.254. The van der Waals surface area contributed by atoms with Crippen LogP contribution in [-0.4, -0.2) is 9.97 Å². The van der Waals surface area contributed by atoms with E-state index in [1.807, 2.05) is 42.5 Å². The Morgan fingerprint density at radius 2 is 1.67 bits per heavy atom. The van der Waals surface area contributed by atoms with Crippen molar-refractivity contribution in [2.75, 3.05) is 0 Å². The van der Waals surface area contributed by atoms with Gasteiger partial charge in [0.25, 0.3) is 0 Å². The van der Waals surface area contributed by atoms with Crippen LogP contribution in [0.15, 0.2) is 60.7 Å². The molecule has 0 saturated heterocycles. The van der Waals surface area contributed by atoms with E-state index in [1.54, 1.807) is 6.07 Å². The van der Waals surface area contributed by atoms with Gasteiger partial charge in [0, 0.05) is 16.3 Å². The zero-order chi connectivity index (χ0) is 14.2. The van der Waals surface area contributed by atoms with Crippen LogP contribution in [0.1, 0.15) is 0 Å². The van der Waals surface area contributed by atoms with Crippen LogP contribution in [0.5, 0.6) is 0 Å². The average molecular weight is 273 g/mol. The number of hydrogen-bond acceptors (Lipinski definition) is 2. The first kappa shape index (κ1) is 12.0. The third-order valence-electron chi connectivity index (χ3n) is 3.46. The second kappa shape index (κ2) is 4.63. The molecule has 0 unspecified atom stereocenters. The number of pyridine rings is 2. The lowest BCUT2D eigenvalue weighted by Gasteiger charge is -2.04. The predicted octanol–water partition coefficient (Wildman–Crippen LogP) is 4.39. The molecule has 0 aliphatic carbocycles. The van der Waals surface area contributed by atoms with E-state index in [-0.39, 0.29) is 5.82 Å². The first-order valence-corrected chi connectivity index (χ1v) is 6.64. The third kappa shape index (κ3) is 2.13. The van der Waals surface area contributed by atoms with Crippen LogP contribution in [0.2, 0.25) is 0 Å². The van der Waals surface area contributed by atoms with Crippen molar-refractivity contribution in [3.05, 3.63) is 72.7 Å². The number of fused-ring (bicyclic) bond motifs is 2. The molecular formula is C18H10FN2. The molecule has 0 fully saturated rings. The van der Waals surface area contributed by atoms with Crippen LogP contribution in [0.4, 0.5) is 4.39 Å². The standard InChI is InChI=1S/C18H10FN2/c19-15-6-8-17-13(10-15)5-7-18(21-17)14-9-12-3-1-2-4-16(12)20-11-14/h1-10H. The Balaban J connectivity index is 1.89. The smallest absolute Gasteiger partial charge is 0.123 e. The van der Waals surface area contributed by atoms with E-state index in [0.717, 1.165) is 33.1 Å². The number of rotatable bonds is 1. The number of para-hydroxylation sites is 1. The average Bonchev–Trinajstić information content (AvgIpc) is 2.54. The highest BCUT2D eigenvalue weighted by Gasteiger charge is 2.05. The fraction of sp³-hybridized carbons (Fsp3) is 0. The second-order valence-corrected chi connectivity index (χ2v) is 4.87. The van der Waals surface area contributed by atoms with Crippen molar-refractivity contribution < 1.29 is 4.39 Å². The van der Waals surface area contributed by atoms with Crippen molar-refractivity contribution >= 4 is 21.8 Å². The largest absolute Gasteiger partial charge is 0.248 e. The van der Waals surface area contributed by atoms with E-state index < -0.39 is 0 Å². The summed E-state index contributed by atoms with van der Waals surface area (Å²) in [6, 6.07) is 18.2. The van der Waals surface area contributed by atoms with E-state index in [2.05, 4.69) is 16.2 Å². The normalized spacial score (nSPS) is 11.1. The Morgan fingerprint density at radius 3 is 2.62 bits per heavy atom. The molecule has 0 aliphatic rings. The fourth-order valence-corrected chi connectivity index (χ4v) is 2.40. The summed E-state index contributed by atoms with van der Waals surface area (Å²) in [6.07, 6.45) is 3.02.